The molecule has 3 heterocycles. The molecule has 0 N–H and O–H groups in total. The summed E-state index contributed by atoms with van der Waals surface area (Å²) < 4.78 is 11.6. The molecular formula is C48H26OS2. The highest BCUT2D eigenvalue weighted by Gasteiger charge is 2.19. The Balaban J connectivity index is 1.09. The summed E-state index contributed by atoms with van der Waals surface area (Å²) in [5.41, 5.74) is 6.97. The van der Waals surface area contributed by atoms with Gasteiger partial charge in [0.05, 0.1) is 0 Å². The molecule has 0 saturated carbocycles. The van der Waals surface area contributed by atoms with Crippen LogP contribution >= 0.6 is 22.7 Å². The van der Waals surface area contributed by atoms with Gasteiger partial charge in [0.1, 0.15) is 11.2 Å². The van der Waals surface area contributed by atoms with Crippen LogP contribution in [0.1, 0.15) is 0 Å². The van der Waals surface area contributed by atoms with Crippen LogP contribution < -0.4 is 0 Å². The van der Waals surface area contributed by atoms with Crippen molar-refractivity contribution in [3.8, 4) is 22.3 Å². The second kappa shape index (κ2) is 10.3. The van der Waals surface area contributed by atoms with Crippen LogP contribution in [0.15, 0.2) is 162 Å². The second-order valence-corrected chi connectivity index (χ2v) is 15.8. The van der Waals surface area contributed by atoms with Gasteiger partial charge in [-0.15, -0.1) is 22.7 Å². The van der Waals surface area contributed by atoms with E-state index in [9.17, 15) is 0 Å². The van der Waals surface area contributed by atoms with Gasteiger partial charge in [0.2, 0.25) is 0 Å². The maximum absolute atomic E-state index is 6.28. The first-order valence-corrected chi connectivity index (χ1v) is 19.0. The van der Waals surface area contributed by atoms with Crippen LogP contribution in [0.2, 0.25) is 0 Å². The average molecular weight is 683 g/mol. The van der Waals surface area contributed by atoms with Crippen LogP contribution in [-0.2, 0) is 0 Å². The summed E-state index contributed by atoms with van der Waals surface area (Å²) in [6.45, 7) is 0. The van der Waals surface area contributed by atoms with E-state index in [4.69, 9.17) is 4.42 Å². The molecule has 0 atom stereocenters. The molecule has 0 aliphatic carbocycles. The van der Waals surface area contributed by atoms with Crippen LogP contribution in [0.25, 0.3) is 117 Å². The normalized spacial score (nSPS) is 12.3. The van der Waals surface area contributed by atoms with Crippen LogP contribution in [0.4, 0.5) is 0 Å². The van der Waals surface area contributed by atoms with E-state index >= 15 is 0 Å². The zero-order chi connectivity index (χ0) is 33.2. The Morgan fingerprint density at radius 2 is 0.804 bits per heavy atom. The summed E-state index contributed by atoms with van der Waals surface area (Å²) in [4.78, 5) is 0. The predicted molar refractivity (Wildman–Crippen MR) is 223 cm³/mol. The number of hydrogen-bond donors (Lipinski definition) is 0. The fourth-order valence-corrected chi connectivity index (χ4v) is 10.8. The van der Waals surface area contributed by atoms with Gasteiger partial charge >= 0.3 is 0 Å². The fourth-order valence-electron chi connectivity index (χ4n) is 8.53. The van der Waals surface area contributed by atoms with Gasteiger partial charge in [0.25, 0.3) is 0 Å². The SMILES string of the molecule is c1ccc2c(c1)oc1cc3cc4c(cc3cc12)sc1ccc(-c2c3ccccc3c(-c3ccc5c(c3)sc3ccccc35)c3ccccc23)cc14. The van der Waals surface area contributed by atoms with Gasteiger partial charge in [-0.2, -0.15) is 0 Å². The number of benzene rings is 9. The maximum atomic E-state index is 6.28. The molecule has 3 aromatic heterocycles. The molecule has 0 spiro atoms. The maximum Gasteiger partial charge on any atom is 0.136 e. The first-order chi connectivity index (χ1) is 25.2. The second-order valence-electron chi connectivity index (χ2n) is 13.6. The van der Waals surface area contributed by atoms with Crippen molar-refractivity contribution in [3.63, 3.8) is 0 Å². The molecule has 0 fully saturated rings. The summed E-state index contributed by atoms with van der Waals surface area (Å²) in [6, 6.07) is 58.4. The lowest BCUT2D eigenvalue weighted by Crippen LogP contribution is -1.90. The minimum Gasteiger partial charge on any atom is -0.456 e. The molecular weight excluding hydrogens is 657 g/mol. The van der Waals surface area contributed by atoms with Crippen molar-refractivity contribution in [1.29, 1.82) is 0 Å². The molecule has 0 aliphatic heterocycles. The standard InChI is InChI=1S/C48H26OS2/c1-3-13-36-34(11-1)47(35-12-2-4-14-37(35)48(36)28-17-19-33-32-10-6-8-16-43(32)50-45(33)25-28)27-18-20-44-39(21-27)40-23-29-24-42-38(22-30(29)26-46(40)51-44)31-9-5-7-15-41(31)49-42/h1-26H. The molecule has 9 aromatic carbocycles. The monoisotopic (exact) mass is 682 g/mol. The topological polar surface area (TPSA) is 13.1 Å². The molecule has 12 rings (SSSR count). The van der Waals surface area contributed by atoms with Crippen molar-refractivity contribution in [3.05, 3.63) is 158 Å². The predicted octanol–water partition coefficient (Wildman–Crippen LogP) is 15.1. The number of para-hydroxylation sites is 1. The first kappa shape index (κ1) is 27.8. The Morgan fingerprint density at radius 3 is 1.55 bits per heavy atom. The van der Waals surface area contributed by atoms with E-state index in [2.05, 4.69) is 152 Å². The number of thiophene rings is 2. The van der Waals surface area contributed by atoms with Crippen molar-refractivity contribution in [2.24, 2.45) is 0 Å². The summed E-state index contributed by atoms with van der Waals surface area (Å²) in [6.07, 6.45) is 0. The molecule has 236 valence electrons. The summed E-state index contributed by atoms with van der Waals surface area (Å²) >= 11 is 3.76. The fraction of sp³-hybridized carbons (Fsp3) is 0. The van der Waals surface area contributed by atoms with Crippen molar-refractivity contribution >= 4 is 117 Å². The lowest BCUT2D eigenvalue weighted by Gasteiger charge is -2.18. The molecule has 0 unspecified atom stereocenters. The highest BCUT2D eigenvalue weighted by atomic mass is 32.1. The van der Waals surface area contributed by atoms with E-state index in [-0.39, 0.29) is 0 Å². The van der Waals surface area contributed by atoms with Gasteiger partial charge in [-0.05, 0) is 109 Å². The summed E-state index contributed by atoms with van der Waals surface area (Å²) in [7, 11) is 0. The summed E-state index contributed by atoms with van der Waals surface area (Å²) in [5, 5.41) is 15.2. The zero-order valence-electron chi connectivity index (χ0n) is 27.2. The third-order valence-corrected chi connectivity index (χ3v) is 13.1. The highest BCUT2D eigenvalue weighted by Crippen LogP contribution is 2.47. The Bertz CT molecular complexity index is 3370. The molecule has 0 radical (unpaired) electrons. The van der Waals surface area contributed by atoms with Crippen molar-refractivity contribution in [2.45, 2.75) is 0 Å². The molecule has 1 nitrogen and oxygen atoms in total. The number of hydrogen-bond acceptors (Lipinski definition) is 3. The molecule has 0 aliphatic rings. The molecule has 0 amide bonds. The van der Waals surface area contributed by atoms with Crippen LogP contribution in [-0.4, -0.2) is 0 Å². The van der Waals surface area contributed by atoms with Gasteiger partial charge in [0, 0.05) is 51.1 Å². The smallest absolute Gasteiger partial charge is 0.136 e. The third-order valence-electron chi connectivity index (χ3n) is 10.8. The van der Waals surface area contributed by atoms with Crippen LogP contribution in [0, 0.1) is 0 Å². The Morgan fingerprint density at radius 1 is 0.294 bits per heavy atom. The van der Waals surface area contributed by atoms with E-state index in [0.29, 0.717) is 0 Å². The minimum atomic E-state index is 0.936. The van der Waals surface area contributed by atoms with Crippen LogP contribution in [0.3, 0.4) is 0 Å². The van der Waals surface area contributed by atoms with Crippen molar-refractivity contribution in [2.75, 3.05) is 0 Å². The van der Waals surface area contributed by atoms with Gasteiger partial charge < -0.3 is 4.42 Å². The van der Waals surface area contributed by atoms with E-state index in [1.54, 1.807) is 0 Å². The number of rotatable bonds is 2. The first-order valence-electron chi connectivity index (χ1n) is 17.3. The van der Waals surface area contributed by atoms with Crippen molar-refractivity contribution in [1.82, 2.24) is 0 Å². The quantitative estimate of drug-likeness (QED) is 0.165. The summed E-state index contributed by atoms with van der Waals surface area (Å²) in [5.74, 6) is 0. The van der Waals surface area contributed by atoms with E-state index in [1.165, 1.54) is 106 Å². The largest absolute Gasteiger partial charge is 0.456 e. The molecule has 0 bridgehead atoms. The van der Waals surface area contributed by atoms with Gasteiger partial charge in [0.15, 0.2) is 0 Å². The molecule has 51 heavy (non-hydrogen) atoms. The third kappa shape index (κ3) is 3.96. The van der Waals surface area contributed by atoms with Gasteiger partial charge in [-0.25, -0.2) is 0 Å². The van der Waals surface area contributed by atoms with E-state index in [0.717, 1.165) is 11.2 Å². The van der Waals surface area contributed by atoms with E-state index in [1.807, 2.05) is 28.7 Å². The lowest BCUT2D eigenvalue weighted by atomic mass is 9.85. The molecule has 3 heteroatoms. The Labute approximate surface area is 300 Å². The highest BCUT2D eigenvalue weighted by molar-refractivity contribution is 7.26. The van der Waals surface area contributed by atoms with E-state index < -0.39 is 0 Å². The van der Waals surface area contributed by atoms with Gasteiger partial charge in [-0.1, -0.05) is 103 Å². The minimum absolute atomic E-state index is 0.936. The molecule has 0 saturated heterocycles. The lowest BCUT2D eigenvalue weighted by molar-refractivity contribution is 0.669. The number of fused-ring (bicyclic) bond motifs is 12. The van der Waals surface area contributed by atoms with Crippen LogP contribution in [0.5, 0.6) is 0 Å². The molecule has 12 aromatic rings. The zero-order valence-corrected chi connectivity index (χ0v) is 28.9. The number of furan rings is 1. The average Bonchev–Trinajstić information content (AvgIpc) is 3.85. The van der Waals surface area contributed by atoms with Gasteiger partial charge in [-0.3, -0.25) is 0 Å². The Kier molecular flexibility index (Phi) is 5.59. The van der Waals surface area contributed by atoms with Crippen molar-refractivity contribution < 1.29 is 4.42 Å². The Hall–Kier alpha value is -6.00.